The molecule has 0 bridgehead atoms. The SMILES string of the molecule is COc1cc(NCCc2cccc(C)c2)nc(C)n1. The van der Waals surface area contributed by atoms with Crippen molar-refractivity contribution < 1.29 is 4.74 Å². The first-order valence-electron chi connectivity index (χ1n) is 6.36. The van der Waals surface area contributed by atoms with Gasteiger partial charge in [-0.15, -0.1) is 0 Å². The Kier molecular flexibility index (Phi) is 4.34. The lowest BCUT2D eigenvalue weighted by Crippen LogP contribution is -2.08. The summed E-state index contributed by atoms with van der Waals surface area (Å²) in [4.78, 5) is 8.49. The predicted molar refractivity (Wildman–Crippen MR) is 76.7 cm³/mol. The second-order valence-corrected chi connectivity index (χ2v) is 4.51. The fourth-order valence-electron chi connectivity index (χ4n) is 1.94. The van der Waals surface area contributed by atoms with Crippen LogP contribution in [0.3, 0.4) is 0 Å². The first kappa shape index (κ1) is 13.3. The Morgan fingerprint density at radius 3 is 2.74 bits per heavy atom. The summed E-state index contributed by atoms with van der Waals surface area (Å²) in [5, 5.41) is 3.30. The first-order valence-corrected chi connectivity index (χ1v) is 6.36. The van der Waals surface area contributed by atoms with Crippen molar-refractivity contribution in [1.82, 2.24) is 9.97 Å². The minimum Gasteiger partial charge on any atom is -0.481 e. The molecule has 100 valence electrons. The lowest BCUT2D eigenvalue weighted by molar-refractivity contribution is 0.396. The number of rotatable bonds is 5. The Morgan fingerprint density at radius 2 is 2.00 bits per heavy atom. The van der Waals surface area contributed by atoms with E-state index >= 15 is 0 Å². The molecule has 0 unspecified atom stereocenters. The summed E-state index contributed by atoms with van der Waals surface area (Å²) in [6, 6.07) is 10.3. The van der Waals surface area contributed by atoms with Crippen LogP contribution in [-0.4, -0.2) is 23.6 Å². The summed E-state index contributed by atoms with van der Waals surface area (Å²) < 4.78 is 5.12. The zero-order chi connectivity index (χ0) is 13.7. The summed E-state index contributed by atoms with van der Waals surface area (Å²) >= 11 is 0. The Hall–Kier alpha value is -2.10. The van der Waals surface area contributed by atoms with E-state index in [1.807, 2.05) is 13.0 Å². The molecule has 0 aliphatic carbocycles. The van der Waals surface area contributed by atoms with Crippen LogP contribution in [0.5, 0.6) is 5.88 Å². The molecule has 1 N–H and O–H groups in total. The molecule has 4 heteroatoms. The highest BCUT2D eigenvalue weighted by Gasteiger charge is 2.01. The average molecular weight is 257 g/mol. The van der Waals surface area contributed by atoms with Crippen LogP contribution in [0.4, 0.5) is 5.82 Å². The number of methoxy groups -OCH3 is 1. The van der Waals surface area contributed by atoms with Crippen molar-refractivity contribution in [2.45, 2.75) is 20.3 Å². The van der Waals surface area contributed by atoms with Crippen LogP contribution in [0, 0.1) is 13.8 Å². The van der Waals surface area contributed by atoms with Crippen LogP contribution in [0.15, 0.2) is 30.3 Å². The van der Waals surface area contributed by atoms with E-state index < -0.39 is 0 Å². The number of anilines is 1. The zero-order valence-electron chi connectivity index (χ0n) is 11.6. The van der Waals surface area contributed by atoms with Gasteiger partial charge in [-0.2, -0.15) is 4.98 Å². The molecule has 0 radical (unpaired) electrons. The lowest BCUT2D eigenvalue weighted by atomic mass is 10.1. The van der Waals surface area contributed by atoms with Gasteiger partial charge >= 0.3 is 0 Å². The van der Waals surface area contributed by atoms with Crippen molar-refractivity contribution in [3.63, 3.8) is 0 Å². The van der Waals surface area contributed by atoms with Crippen molar-refractivity contribution in [2.24, 2.45) is 0 Å². The van der Waals surface area contributed by atoms with Crippen LogP contribution < -0.4 is 10.1 Å². The molecule has 0 aliphatic heterocycles. The Balaban J connectivity index is 1.94. The summed E-state index contributed by atoms with van der Waals surface area (Å²) in [7, 11) is 1.61. The van der Waals surface area contributed by atoms with Gasteiger partial charge in [0.15, 0.2) is 0 Å². The van der Waals surface area contributed by atoms with E-state index in [2.05, 4.69) is 46.5 Å². The standard InChI is InChI=1S/C15H19N3O/c1-11-5-4-6-13(9-11)7-8-16-14-10-15(19-3)18-12(2)17-14/h4-6,9-10H,7-8H2,1-3H3,(H,16,17,18). The number of benzene rings is 1. The predicted octanol–water partition coefficient (Wildman–Crippen LogP) is 2.76. The molecule has 0 fully saturated rings. The summed E-state index contributed by atoms with van der Waals surface area (Å²) in [5.74, 6) is 2.10. The summed E-state index contributed by atoms with van der Waals surface area (Å²) in [6.45, 7) is 4.80. The van der Waals surface area contributed by atoms with Gasteiger partial charge in [-0.3, -0.25) is 0 Å². The molecule has 0 saturated carbocycles. The van der Waals surface area contributed by atoms with Gasteiger partial charge in [0.05, 0.1) is 7.11 Å². The number of nitrogens with zero attached hydrogens (tertiary/aromatic N) is 2. The van der Waals surface area contributed by atoms with E-state index in [0.717, 1.165) is 18.8 Å². The molecule has 4 nitrogen and oxygen atoms in total. The topological polar surface area (TPSA) is 47.0 Å². The molecule has 2 aromatic rings. The number of hydrogen-bond acceptors (Lipinski definition) is 4. The number of nitrogens with one attached hydrogen (secondary N) is 1. The van der Waals surface area contributed by atoms with Gasteiger partial charge in [-0.05, 0) is 25.8 Å². The molecule has 0 saturated heterocycles. The van der Waals surface area contributed by atoms with Crippen molar-refractivity contribution >= 4 is 5.82 Å². The normalized spacial score (nSPS) is 10.3. The molecule has 2 rings (SSSR count). The van der Waals surface area contributed by atoms with E-state index in [4.69, 9.17) is 4.74 Å². The van der Waals surface area contributed by atoms with Crippen LogP contribution >= 0.6 is 0 Å². The fourth-order valence-corrected chi connectivity index (χ4v) is 1.94. The maximum atomic E-state index is 5.12. The van der Waals surface area contributed by atoms with Gasteiger partial charge in [0.1, 0.15) is 11.6 Å². The van der Waals surface area contributed by atoms with E-state index in [9.17, 15) is 0 Å². The largest absolute Gasteiger partial charge is 0.481 e. The van der Waals surface area contributed by atoms with Gasteiger partial charge in [0.25, 0.3) is 0 Å². The Bertz CT molecular complexity index is 555. The maximum Gasteiger partial charge on any atom is 0.218 e. The minimum atomic E-state index is 0.588. The fraction of sp³-hybridized carbons (Fsp3) is 0.333. The van der Waals surface area contributed by atoms with E-state index in [1.165, 1.54) is 11.1 Å². The highest BCUT2D eigenvalue weighted by molar-refractivity contribution is 5.38. The second-order valence-electron chi connectivity index (χ2n) is 4.51. The third-order valence-electron chi connectivity index (χ3n) is 2.83. The van der Waals surface area contributed by atoms with Gasteiger partial charge in [-0.25, -0.2) is 4.98 Å². The molecule has 0 aliphatic rings. The minimum absolute atomic E-state index is 0.588. The van der Waals surface area contributed by atoms with Crippen molar-refractivity contribution in [3.05, 3.63) is 47.3 Å². The number of ether oxygens (including phenoxy) is 1. The number of hydrogen-bond donors (Lipinski definition) is 1. The van der Waals surface area contributed by atoms with Crippen LogP contribution in [-0.2, 0) is 6.42 Å². The van der Waals surface area contributed by atoms with Gasteiger partial charge in [-0.1, -0.05) is 29.8 Å². The Labute approximate surface area is 113 Å². The van der Waals surface area contributed by atoms with Crippen LogP contribution in [0.25, 0.3) is 0 Å². The molecule has 0 spiro atoms. The third-order valence-corrected chi connectivity index (χ3v) is 2.83. The molecule has 1 aromatic heterocycles. The van der Waals surface area contributed by atoms with E-state index in [1.54, 1.807) is 7.11 Å². The quantitative estimate of drug-likeness (QED) is 0.894. The third kappa shape index (κ3) is 3.95. The second kappa shape index (κ2) is 6.18. The highest BCUT2D eigenvalue weighted by Crippen LogP contribution is 2.13. The average Bonchev–Trinajstić information content (AvgIpc) is 2.38. The molecule has 1 aromatic carbocycles. The number of aromatic nitrogens is 2. The van der Waals surface area contributed by atoms with Crippen LogP contribution in [0.2, 0.25) is 0 Å². The Morgan fingerprint density at radius 1 is 1.16 bits per heavy atom. The van der Waals surface area contributed by atoms with Gasteiger partial charge in [0.2, 0.25) is 5.88 Å². The summed E-state index contributed by atoms with van der Waals surface area (Å²) in [6.07, 6.45) is 0.965. The number of aryl methyl sites for hydroxylation is 2. The van der Waals surface area contributed by atoms with E-state index in [0.29, 0.717) is 11.7 Å². The molecular weight excluding hydrogens is 238 g/mol. The molecular formula is C15H19N3O. The van der Waals surface area contributed by atoms with Gasteiger partial charge < -0.3 is 10.1 Å². The van der Waals surface area contributed by atoms with Crippen molar-refractivity contribution in [3.8, 4) is 5.88 Å². The molecule has 19 heavy (non-hydrogen) atoms. The molecule has 0 amide bonds. The van der Waals surface area contributed by atoms with Crippen molar-refractivity contribution in [1.29, 1.82) is 0 Å². The van der Waals surface area contributed by atoms with Gasteiger partial charge in [0, 0.05) is 12.6 Å². The highest BCUT2D eigenvalue weighted by atomic mass is 16.5. The zero-order valence-corrected chi connectivity index (χ0v) is 11.6. The lowest BCUT2D eigenvalue weighted by Gasteiger charge is -2.08. The summed E-state index contributed by atoms with van der Waals surface area (Å²) in [5.41, 5.74) is 2.61. The molecule has 0 atom stereocenters. The van der Waals surface area contributed by atoms with Crippen molar-refractivity contribution in [2.75, 3.05) is 19.0 Å². The maximum absolute atomic E-state index is 5.12. The van der Waals surface area contributed by atoms with Crippen LogP contribution in [0.1, 0.15) is 17.0 Å². The first-order chi connectivity index (χ1) is 9.17. The van der Waals surface area contributed by atoms with E-state index in [-0.39, 0.29) is 0 Å². The smallest absolute Gasteiger partial charge is 0.218 e. The molecule has 1 heterocycles. The monoisotopic (exact) mass is 257 g/mol.